The third-order valence-corrected chi connectivity index (χ3v) is 4.42. The number of rotatable bonds is 4. The van der Waals surface area contributed by atoms with E-state index in [2.05, 4.69) is 42.5 Å². The van der Waals surface area contributed by atoms with Gasteiger partial charge in [0.25, 0.3) is 0 Å². The summed E-state index contributed by atoms with van der Waals surface area (Å²) in [5.41, 5.74) is -0.150. The topological polar surface area (TPSA) is 78.4 Å². The minimum Gasteiger partial charge on any atom is -0.481 e. The van der Waals surface area contributed by atoms with Crippen LogP contribution in [0.5, 0.6) is 0 Å². The monoisotopic (exact) mass is 390 g/mol. The molecule has 0 unspecified atom stereocenters. The van der Waals surface area contributed by atoms with Gasteiger partial charge < -0.3 is 15.7 Å². The fraction of sp³-hybridized carbons (Fsp3) is 0.333. The first-order valence-corrected chi connectivity index (χ1v) is 7.25. The Labute approximate surface area is 127 Å². The van der Waals surface area contributed by atoms with Crippen molar-refractivity contribution in [1.82, 2.24) is 5.32 Å². The molecule has 1 saturated carbocycles. The molecule has 7 heteroatoms. The molecule has 1 aromatic carbocycles. The van der Waals surface area contributed by atoms with Crippen molar-refractivity contribution in [2.45, 2.75) is 12.8 Å². The molecule has 0 spiro atoms. The molecule has 2 amide bonds. The molecule has 3 N–H and O–H groups in total. The van der Waals surface area contributed by atoms with E-state index in [0.717, 1.165) is 8.95 Å². The quantitative estimate of drug-likeness (QED) is 0.737. The maximum absolute atomic E-state index is 11.8. The zero-order chi connectivity index (χ0) is 14.0. The molecule has 1 aromatic rings. The first kappa shape index (κ1) is 14.3. The van der Waals surface area contributed by atoms with E-state index in [4.69, 9.17) is 5.11 Å². The molecule has 19 heavy (non-hydrogen) atoms. The molecule has 1 aliphatic carbocycles. The number of aliphatic carboxylic acids is 1. The average Bonchev–Trinajstić information content (AvgIpc) is 3.13. The third-order valence-electron chi connectivity index (χ3n) is 3.10. The van der Waals surface area contributed by atoms with Crippen molar-refractivity contribution in [3.05, 3.63) is 27.1 Å². The number of halogens is 2. The minimum absolute atomic E-state index is 0.149. The van der Waals surface area contributed by atoms with Crippen LogP contribution in [0.25, 0.3) is 0 Å². The number of carboxylic acids is 1. The molecule has 2 rings (SSSR count). The van der Waals surface area contributed by atoms with Gasteiger partial charge in [0, 0.05) is 15.5 Å². The van der Waals surface area contributed by atoms with Gasteiger partial charge in [-0.1, -0.05) is 6.07 Å². The maximum Gasteiger partial charge on any atom is 0.319 e. The summed E-state index contributed by atoms with van der Waals surface area (Å²) in [5.74, 6) is -0.852. The van der Waals surface area contributed by atoms with Crippen LogP contribution < -0.4 is 10.6 Å². The molecule has 1 aliphatic rings. The fourth-order valence-electron chi connectivity index (χ4n) is 1.64. The van der Waals surface area contributed by atoms with Crippen molar-refractivity contribution in [3.63, 3.8) is 0 Å². The van der Waals surface area contributed by atoms with E-state index in [1.54, 1.807) is 12.1 Å². The number of carbonyl (C=O) groups is 2. The first-order valence-electron chi connectivity index (χ1n) is 5.67. The molecular weight excluding hydrogens is 380 g/mol. The number of benzene rings is 1. The largest absolute Gasteiger partial charge is 0.481 e. The second-order valence-corrected chi connectivity index (χ2v) is 6.20. The Bertz CT molecular complexity index is 509. The molecular formula is C12H12Br2N2O3. The van der Waals surface area contributed by atoms with E-state index in [9.17, 15) is 9.59 Å². The summed E-state index contributed by atoms with van der Waals surface area (Å²) in [7, 11) is 0. The van der Waals surface area contributed by atoms with Crippen molar-refractivity contribution in [3.8, 4) is 0 Å². The Morgan fingerprint density at radius 1 is 1.26 bits per heavy atom. The van der Waals surface area contributed by atoms with E-state index in [0.29, 0.717) is 18.5 Å². The van der Waals surface area contributed by atoms with Crippen molar-refractivity contribution in [1.29, 1.82) is 0 Å². The lowest BCUT2D eigenvalue weighted by Gasteiger charge is -2.13. The highest BCUT2D eigenvalue weighted by molar-refractivity contribution is 9.11. The number of para-hydroxylation sites is 1. The van der Waals surface area contributed by atoms with Gasteiger partial charge >= 0.3 is 12.0 Å². The van der Waals surface area contributed by atoms with E-state index in [1.807, 2.05) is 6.07 Å². The van der Waals surface area contributed by atoms with Gasteiger partial charge in [0.2, 0.25) is 0 Å². The molecule has 0 aromatic heterocycles. The standard InChI is InChI=1S/C12H12Br2N2O3/c13-7-2-1-3-8(14)9(7)16-11(19)15-6-12(4-5-12)10(17)18/h1-3H,4-6H2,(H,17,18)(H2,15,16,19). The van der Waals surface area contributed by atoms with Crippen LogP contribution in [0.1, 0.15) is 12.8 Å². The third kappa shape index (κ3) is 3.27. The fourth-order valence-corrected chi connectivity index (χ4v) is 2.84. The zero-order valence-corrected chi connectivity index (χ0v) is 13.0. The second kappa shape index (κ2) is 5.50. The van der Waals surface area contributed by atoms with Gasteiger partial charge in [-0.3, -0.25) is 4.79 Å². The number of carbonyl (C=O) groups excluding carboxylic acids is 1. The Hall–Kier alpha value is -1.08. The highest BCUT2D eigenvalue weighted by Crippen LogP contribution is 2.45. The summed E-state index contributed by atoms with van der Waals surface area (Å²) in [6.07, 6.45) is 1.22. The molecule has 0 atom stereocenters. The van der Waals surface area contributed by atoms with E-state index in [-0.39, 0.29) is 6.54 Å². The lowest BCUT2D eigenvalue weighted by Crippen LogP contribution is -2.36. The molecule has 5 nitrogen and oxygen atoms in total. The van der Waals surface area contributed by atoms with Gasteiger partial charge in [-0.05, 0) is 56.8 Å². The molecule has 0 aliphatic heterocycles. The maximum atomic E-state index is 11.8. The van der Waals surface area contributed by atoms with E-state index < -0.39 is 17.4 Å². The van der Waals surface area contributed by atoms with Crippen molar-refractivity contribution in [2.24, 2.45) is 5.41 Å². The van der Waals surface area contributed by atoms with Crippen LogP contribution in [-0.4, -0.2) is 23.7 Å². The molecule has 0 heterocycles. The predicted molar refractivity (Wildman–Crippen MR) is 78.2 cm³/mol. The number of hydrogen-bond donors (Lipinski definition) is 3. The molecule has 0 saturated heterocycles. The van der Waals surface area contributed by atoms with Crippen molar-refractivity contribution in [2.75, 3.05) is 11.9 Å². The lowest BCUT2D eigenvalue weighted by molar-refractivity contribution is -0.143. The first-order chi connectivity index (χ1) is 8.94. The van der Waals surface area contributed by atoms with Gasteiger partial charge in [-0.25, -0.2) is 4.79 Å². The molecule has 0 radical (unpaired) electrons. The Balaban J connectivity index is 1.93. The van der Waals surface area contributed by atoms with Crippen LogP contribution in [0.4, 0.5) is 10.5 Å². The smallest absolute Gasteiger partial charge is 0.319 e. The van der Waals surface area contributed by atoms with Crippen molar-refractivity contribution < 1.29 is 14.7 Å². The Kier molecular flexibility index (Phi) is 4.15. The number of carboxylic acid groups (broad SMARTS) is 1. The second-order valence-electron chi connectivity index (χ2n) is 4.49. The SMILES string of the molecule is O=C(NCC1(C(=O)O)CC1)Nc1c(Br)cccc1Br. The summed E-state index contributed by atoms with van der Waals surface area (Å²) >= 11 is 6.67. The molecule has 102 valence electrons. The van der Waals surface area contributed by atoms with Gasteiger partial charge in [0.15, 0.2) is 0 Å². The summed E-state index contributed by atoms with van der Waals surface area (Å²) in [5, 5.41) is 14.3. The highest BCUT2D eigenvalue weighted by atomic mass is 79.9. The van der Waals surface area contributed by atoms with E-state index >= 15 is 0 Å². The van der Waals surface area contributed by atoms with Crippen molar-refractivity contribution >= 4 is 49.5 Å². The Morgan fingerprint density at radius 2 is 1.84 bits per heavy atom. The van der Waals surface area contributed by atoms with E-state index in [1.165, 1.54) is 0 Å². The summed E-state index contributed by atoms with van der Waals surface area (Å²) in [6, 6.07) is 5.03. The number of anilines is 1. The minimum atomic E-state index is -0.852. The Morgan fingerprint density at radius 3 is 2.32 bits per heavy atom. The van der Waals surface area contributed by atoms with Crippen LogP contribution in [-0.2, 0) is 4.79 Å². The molecule has 0 bridgehead atoms. The number of urea groups is 1. The van der Waals surface area contributed by atoms with Crippen LogP contribution in [0.3, 0.4) is 0 Å². The number of hydrogen-bond acceptors (Lipinski definition) is 2. The summed E-state index contributed by atoms with van der Waals surface area (Å²) in [4.78, 5) is 22.7. The van der Waals surface area contributed by atoms with Gasteiger partial charge in [0.05, 0.1) is 11.1 Å². The number of amides is 2. The summed E-state index contributed by atoms with van der Waals surface area (Å²) < 4.78 is 1.49. The predicted octanol–water partition coefficient (Wildman–Crippen LogP) is 3.20. The normalized spacial score (nSPS) is 15.7. The van der Waals surface area contributed by atoms with Gasteiger partial charge in [-0.2, -0.15) is 0 Å². The lowest BCUT2D eigenvalue weighted by atomic mass is 10.1. The number of nitrogens with one attached hydrogen (secondary N) is 2. The van der Waals surface area contributed by atoms with Crippen LogP contribution in [0.2, 0.25) is 0 Å². The average molecular weight is 392 g/mol. The molecule has 1 fully saturated rings. The van der Waals surface area contributed by atoms with Crippen LogP contribution in [0, 0.1) is 5.41 Å². The van der Waals surface area contributed by atoms with Crippen LogP contribution >= 0.6 is 31.9 Å². The highest BCUT2D eigenvalue weighted by Gasteiger charge is 2.50. The van der Waals surface area contributed by atoms with Gasteiger partial charge in [-0.15, -0.1) is 0 Å². The zero-order valence-electron chi connectivity index (χ0n) is 9.87. The summed E-state index contributed by atoms with van der Waals surface area (Å²) in [6.45, 7) is 0.149. The van der Waals surface area contributed by atoms with Crippen LogP contribution in [0.15, 0.2) is 27.1 Å². The van der Waals surface area contributed by atoms with Gasteiger partial charge in [0.1, 0.15) is 0 Å².